The summed E-state index contributed by atoms with van der Waals surface area (Å²) in [6.07, 6.45) is 4.74. The van der Waals surface area contributed by atoms with Crippen molar-refractivity contribution >= 4 is 5.91 Å². The number of carbonyl (C=O) groups excluding carboxylic acids is 1. The van der Waals surface area contributed by atoms with Gasteiger partial charge in [0.2, 0.25) is 0 Å². The first-order valence-corrected chi connectivity index (χ1v) is 7.55. The van der Waals surface area contributed by atoms with Crippen molar-refractivity contribution in [3.05, 3.63) is 17.5 Å². The Morgan fingerprint density at radius 2 is 2.05 bits per heavy atom. The number of aromatic nitrogens is 2. The van der Waals surface area contributed by atoms with Gasteiger partial charge in [0.05, 0.1) is 23.9 Å². The fraction of sp³-hybridized carbons (Fsp3) is 0.733. The zero-order valence-electron chi connectivity index (χ0n) is 13.0. The normalized spacial score (nSPS) is 12.7. The van der Waals surface area contributed by atoms with Crippen molar-refractivity contribution in [1.82, 2.24) is 15.1 Å². The Labute approximate surface area is 121 Å². The van der Waals surface area contributed by atoms with Gasteiger partial charge in [-0.2, -0.15) is 5.10 Å². The van der Waals surface area contributed by atoms with Gasteiger partial charge in [-0.3, -0.25) is 9.48 Å². The molecule has 114 valence electrons. The van der Waals surface area contributed by atoms with Crippen LogP contribution in [0.15, 0.2) is 6.20 Å². The first-order valence-electron chi connectivity index (χ1n) is 7.55. The van der Waals surface area contributed by atoms with Crippen LogP contribution in [0.25, 0.3) is 0 Å². The Balaban J connectivity index is 2.70. The van der Waals surface area contributed by atoms with E-state index in [0.29, 0.717) is 24.6 Å². The number of aliphatic hydroxyl groups excluding tert-OH is 1. The third-order valence-corrected chi connectivity index (χ3v) is 3.70. The average molecular weight is 281 g/mol. The van der Waals surface area contributed by atoms with E-state index in [-0.39, 0.29) is 5.91 Å². The molecule has 1 atom stereocenters. The summed E-state index contributed by atoms with van der Waals surface area (Å²) in [5, 5.41) is 16.8. The van der Waals surface area contributed by atoms with Crippen molar-refractivity contribution in [2.45, 2.75) is 65.5 Å². The van der Waals surface area contributed by atoms with Crippen molar-refractivity contribution in [1.29, 1.82) is 0 Å². The number of nitrogens with one attached hydrogen (secondary N) is 1. The van der Waals surface area contributed by atoms with Crippen LogP contribution < -0.4 is 5.32 Å². The average Bonchev–Trinajstić information content (AvgIpc) is 2.80. The summed E-state index contributed by atoms with van der Waals surface area (Å²) in [7, 11) is 0. The number of hydrogen-bond donors (Lipinski definition) is 2. The molecule has 1 aromatic rings. The number of amides is 1. The molecule has 0 spiro atoms. The zero-order valence-corrected chi connectivity index (χ0v) is 13.0. The van der Waals surface area contributed by atoms with E-state index in [4.69, 9.17) is 0 Å². The highest BCUT2D eigenvalue weighted by Crippen LogP contribution is 2.19. The second-order valence-electron chi connectivity index (χ2n) is 5.21. The van der Waals surface area contributed by atoms with Gasteiger partial charge < -0.3 is 10.4 Å². The molecule has 0 aliphatic heterocycles. The first kappa shape index (κ1) is 16.7. The topological polar surface area (TPSA) is 67.2 Å². The summed E-state index contributed by atoms with van der Waals surface area (Å²) in [6, 6.07) is 0.335. The molecule has 1 aromatic heterocycles. The molecule has 5 nitrogen and oxygen atoms in total. The van der Waals surface area contributed by atoms with Crippen LogP contribution >= 0.6 is 0 Å². The molecule has 20 heavy (non-hydrogen) atoms. The van der Waals surface area contributed by atoms with Crippen molar-refractivity contribution in [2.24, 2.45) is 0 Å². The molecular formula is C15H27N3O2. The second kappa shape index (κ2) is 8.04. The van der Waals surface area contributed by atoms with Gasteiger partial charge in [-0.15, -0.1) is 0 Å². The molecular weight excluding hydrogens is 254 g/mol. The summed E-state index contributed by atoms with van der Waals surface area (Å²) in [4.78, 5) is 12.1. The van der Waals surface area contributed by atoms with Crippen LogP contribution in [-0.4, -0.2) is 33.4 Å². The number of nitrogens with zero attached hydrogens (tertiary/aromatic N) is 2. The zero-order chi connectivity index (χ0) is 15.1. The highest BCUT2D eigenvalue weighted by Gasteiger charge is 2.18. The molecule has 1 rings (SSSR count). The maximum atomic E-state index is 12.1. The second-order valence-corrected chi connectivity index (χ2v) is 5.21. The summed E-state index contributed by atoms with van der Waals surface area (Å²) in [6.45, 7) is 8.46. The van der Waals surface area contributed by atoms with E-state index in [1.165, 1.54) is 0 Å². The number of carbonyl (C=O) groups is 1. The SMILES string of the molecule is CCCC(O)CNC(=O)c1cnn(C(CC)CC)c1C. The molecule has 2 N–H and O–H groups in total. The quantitative estimate of drug-likeness (QED) is 0.769. The standard InChI is InChI=1S/C15H27N3O2/c1-5-8-13(19)9-16-15(20)14-10-17-18(11(14)4)12(6-2)7-3/h10,12-13,19H,5-9H2,1-4H3,(H,16,20). The largest absolute Gasteiger partial charge is 0.391 e. The van der Waals surface area contributed by atoms with Crippen LogP contribution in [0, 0.1) is 6.92 Å². The number of aliphatic hydroxyl groups is 1. The molecule has 5 heteroatoms. The van der Waals surface area contributed by atoms with Gasteiger partial charge in [0.1, 0.15) is 0 Å². The van der Waals surface area contributed by atoms with Crippen molar-refractivity contribution in [3.8, 4) is 0 Å². The van der Waals surface area contributed by atoms with Crippen LogP contribution in [-0.2, 0) is 0 Å². The number of hydrogen-bond acceptors (Lipinski definition) is 3. The van der Waals surface area contributed by atoms with Crippen LogP contribution in [0.5, 0.6) is 0 Å². The van der Waals surface area contributed by atoms with Crippen molar-refractivity contribution < 1.29 is 9.90 Å². The summed E-state index contributed by atoms with van der Waals surface area (Å²) in [5.74, 6) is -0.158. The fourth-order valence-corrected chi connectivity index (χ4v) is 2.39. The predicted molar refractivity (Wildman–Crippen MR) is 79.8 cm³/mol. The van der Waals surface area contributed by atoms with Crippen molar-refractivity contribution in [2.75, 3.05) is 6.54 Å². The molecule has 0 fully saturated rings. The van der Waals surface area contributed by atoms with E-state index in [1.54, 1.807) is 6.20 Å². The van der Waals surface area contributed by atoms with Crippen LogP contribution in [0.1, 0.15) is 68.5 Å². The minimum absolute atomic E-state index is 0.158. The third kappa shape index (κ3) is 4.07. The minimum Gasteiger partial charge on any atom is -0.391 e. The Morgan fingerprint density at radius 1 is 1.40 bits per heavy atom. The highest BCUT2D eigenvalue weighted by molar-refractivity contribution is 5.95. The van der Waals surface area contributed by atoms with E-state index < -0.39 is 6.10 Å². The monoisotopic (exact) mass is 281 g/mol. The van der Waals surface area contributed by atoms with Gasteiger partial charge in [-0.25, -0.2) is 0 Å². The van der Waals surface area contributed by atoms with E-state index in [0.717, 1.165) is 25.0 Å². The molecule has 0 saturated carbocycles. The molecule has 0 radical (unpaired) electrons. The van der Waals surface area contributed by atoms with Crippen LogP contribution in [0.3, 0.4) is 0 Å². The van der Waals surface area contributed by atoms with E-state index >= 15 is 0 Å². The first-order chi connectivity index (χ1) is 9.54. The maximum Gasteiger partial charge on any atom is 0.254 e. The van der Waals surface area contributed by atoms with Gasteiger partial charge in [-0.1, -0.05) is 27.2 Å². The van der Waals surface area contributed by atoms with Gasteiger partial charge in [-0.05, 0) is 26.2 Å². The summed E-state index contributed by atoms with van der Waals surface area (Å²) < 4.78 is 1.93. The predicted octanol–water partition coefficient (Wildman–Crippen LogP) is 2.44. The van der Waals surface area contributed by atoms with E-state index in [1.807, 2.05) is 18.5 Å². The molecule has 0 aliphatic rings. The Bertz CT molecular complexity index is 425. The smallest absolute Gasteiger partial charge is 0.254 e. The van der Waals surface area contributed by atoms with Crippen molar-refractivity contribution in [3.63, 3.8) is 0 Å². The molecule has 1 amide bonds. The Hall–Kier alpha value is -1.36. The molecule has 0 aromatic carbocycles. The lowest BCUT2D eigenvalue weighted by molar-refractivity contribution is 0.0909. The lowest BCUT2D eigenvalue weighted by Crippen LogP contribution is -2.32. The van der Waals surface area contributed by atoms with Crippen LogP contribution in [0.2, 0.25) is 0 Å². The summed E-state index contributed by atoms with van der Waals surface area (Å²) >= 11 is 0. The Kier molecular flexibility index (Phi) is 6.71. The van der Waals surface area contributed by atoms with Crippen LogP contribution in [0.4, 0.5) is 0 Å². The highest BCUT2D eigenvalue weighted by atomic mass is 16.3. The lowest BCUT2D eigenvalue weighted by atomic mass is 10.1. The fourth-order valence-electron chi connectivity index (χ4n) is 2.39. The molecule has 0 aliphatic carbocycles. The lowest BCUT2D eigenvalue weighted by Gasteiger charge is -2.15. The summed E-state index contributed by atoms with van der Waals surface area (Å²) in [5.41, 5.74) is 1.49. The van der Waals surface area contributed by atoms with Gasteiger partial charge in [0, 0.05) is 12.2 Å². The molecule has 1 heterocycles. The Morgan fingerprint density at radius 3 is 2.60 bits per heavy atom. The maximum absolute atomic E-state index is 12.1. The third-order valence-electron chi connectivity index (χ3n) is 3.70. The number of rotatable bonds is 8. The minimum atomic E-state index is -0.474. The van der Waals surface area contributed by atoms with Gasteiger partial charge in [0.15, 0.2) is 0 Å². The molecule has 1 unspecified atom stereocenters. The van der Waals surface area contributed by atoms with Gasteiger partial charge in [0.25, 0.3) is 5.91 Å². The van der Waals surface area contributed by atoms with E-state index in [9.17, 15) is 9.90 Å². The molecule has 0 saturated heterocycles. The van der Waals surface area contributed by atoms with E-state index in [2.05, 4.69) is 24.3 Å². The van der Waals surface area contributed by atoms with Gasteiger partial charge >= 0.3 is 0 Å². The molecule has 0 bridgehead atoms.